The first kappa shape index (κ1) is 26.5. The van der Waals surface area contributed by atoms with E-state index in [1.54, 1.807) is 11.6 Å². The van der Waals surface area contributed by atoms with Crippen molar-refractivity contribution in [1.29, 1.82) is 0 Å². The van der Waals surface area contributed by atoms with Crippen LogP contribution in [0.1, 0.15) is 23.2 Å². The minimum absolute atomic E-state index is 0. The third-order valence-corrected chi connectivity index (χ3v) is 8.05. The van der Waals surface area contributed by atoms with E-state index in [0.29, 0.717) is 32.7 Å². The molecule has 0 radical (unpaired) electrons. The van der Waals surface area contributed by atoms with Gasteiger partial charge in [-0.25, -0.2) is 22.2 Å². The van der Waals surface area contributed by atoms with Gasteiger partial charge in [-0.15, -0.1) is 12.4 Å². The molecule has 9 nitrogen and oxygen atoms in total. The first-order valence-electron chi connectivity index (χ1n) is 10.8. The number of piperazine rings is 1. The molecule has 1 unspecified atom stereocenters. The second-order valence-electron chi connectivity index (χ2n) is 8.43. The summed E-state index contributed by atoms with van der Waals surface area (Å²) in [6.45, 7) is 2.43. The molecule has 0 aliphatic carbocycles. The van der Waals surface area contributed by atoms with E-state index in [-0.39, 0.29) is 37.1 Å². The highest BCUT2D eigenvalue weighted by Crippen LogP contribution is 2.28. The SMILES string of the molecule is Cl.Cn1cnc(S(=O)(=O)N2CCN(C3(CNC(=O)c4c(F)cccc4F)CCCOC3)CC2)c1. The average Bonchev–Trinajstić information content (AvgIpc) is 3.25. The minimum Gasteiger partial charge on any atom is -0.379 e. The molecule has 4 rings (SSSR count). The van der Waals surface area contributed by atoms with Gasteiger partial charge in [-0.1, -0.05) is 6.07 Å². The lowest BCUT2D eigenvalue weighted by atomic mass is 9.89. The molecule has 34 heavy (non-hydrogen) atoms. The molecule has 0 bridgehead atoms. The summed E-state index contributed by atoms with van der Waals surface area (Å²) < 4.78 is 62.5. The zero-order chi connectivity index (χ0) is 23.6. The molecule has 2 saturated heterocycles. The van der Waals surface area contributed by atoms with Gasteiger partial charge in [0.2, 0.25) is 0 Å². The lowest BCUT2D eigenvalue weighted by Crippen LogP contribution is -2.64. The molecule has 0 saturated carbocycles. The summed E-state index contributed by atoms with van der Waals surface area (Å²) in [6, 6.07) is 3.29. The second-order valence-corrected chi connectivity index (χ2v) is 10.3. The normalized spacial score (nSPS) is 22.2. The van der Waals surface area contributed by atoms with Crippen molar-refractivity contribution < 1.29 is 26.7 Å². The van der Waals surface area contributed by atoms with E-state index in [0.717, 1.165) is 18.6 Å². The third-order valence-electron chi connectivity index (χ3n) is 6.26. The van der Waals surface area contributed by atoms with Gasteiger partial charge >= 0.3 is 0 Å². The molecule has 2 aliphatic rings. The Balaban J connectivity index is 0.00000324. The maximum absolute atomic E-state index is 14.0. The number of nitrogens with one attached hydrogen (secondary N) is 1. The maximum atomic E-state index is 14.0. The summed E-state index contributed by atoms with van der Waals surface area (Å²) in [5.74, 6) is -2.67. The number of carbonyl (C=O) groups excluding carboxylic acids is 1. The number of aryl methyl sites for hydroxylation is 1. The fourth-order valence-corrected chi connectivity index (χ4v) is 5.83. The van der Waals surface area contributed by atoms with Gasteiger partial charge in [0.25, 0.3) is 15.9 Å². The van der Waals surface area contributed by atoms with Crippen LogP contribution in [-0.4, -0.2) is 84.6 Å². The summed E-state index contributed by atoms with van der Waals surface area (Å²) in [5, 5.41) is 2.68. The number of aromatic nitrogens is 2. The quantitative estimate of drug-likeness (QED) is 0.620. The van der Waals surface area contributed by atoms with E-state index in [2.05, 4.69) is 15.2 Å². The van der Waals surface area contributed by atoms with Crippen LogP contribution in [0.3, 0.4) is 0 Å². The van der Waals surface area contributed by atoms with Gasteiger partial charge in [0.1, 0.15) is 17.2 Å². The van der Waals surface area contributed by atoms with Gasteiger partial charge in [-0.05, 0) is 25.0 Å². The Bertz CT molecular complexity index is 1100. The first-order chi connectivity index (χ1) is 15.7. The third kappa shape index (κ3) is 5.25. The summed E-state index contributed by atoms with van der Waals surface area (Å²) in [7, 11) is -1.99. The molecular formula is C21H28ClF2N5O4S. The van der Waals surface area contributed by atoms with Crippen molar-refractivity contribution in [2.75, 3.05) is 45.9 Å². The number of imidazole rings is 1. The van der Waals surface area contributed by atoms with E-state index < -0.39 is 38.7 Å². The standard InChI is InChI=1S/C21H27F2N5O4S.ClH/c1-26-12-18(25-15-26)33(30,31)28-9-7-27(8-10-28)21(6-3-11-32-14-21)13-24-20(29)19-16(22)4-2-5-17(19)23;/h2,4-5,12,15H,3,6-11,13-14H2,1H3,(H,24,29);1H. The van der Waals surface area contributed by atoms with Crippen molar-refractivity contribution in [1.82, 2.24) is 24.1 Å². The average molecular weight is 520 g/mol. The number of hydrogen-bond donors (Lipinski definition) is 1. The lowest BCUT2D eigenvalue weighted by Gasteiger charge is -2.49. The Morgan fingerprint density at radius 2 is 1.88 bits per heavy atom. The van der Waals surface area contributed by atoms with Crippen LogP contribution in [-0.2, 0) is 21.8 Å². The van der Waals surface area contributed by atoms with Gasteiger partial charge in [-0.3, -0.25) is 9.69 Å². The minimum atomic E-state index is -3.70. The number of nitrogens with zero attached hydrogens (tertiary/aromatic N) is 4. The Morgan fingerprint density at radius 1 is 1.21 bits per heavy atom. The number of amides is 1. The van der Waals surface area contributed by atoms with Crippen LogP contribution >= 0.6 is 12.4 Å². The van der Waals surface area contributed by atoms with E-state index in [9.17, 15) is 22.0 Å². The number of carbonyl (C=O) groups is 1. The zero-order valence-electron chi connectivity index (χ0n) is 18.7. The van der Waals surface area contributed by atoms with Crippen molar-refractivity contribution >= 4 is 28.3 Å². The van der Waals surface area contributed by atoms with Gasteiger partial charge in [0, 0.05) is 52.6 Å². The molecule has 2 aliphatic heterocycles. The Hall–Kier alpha value is -2.12. The van der Waals surface area contributed by atoms with Crippen molar-refractivity contribution in [3.8, 4) is 0 Å². The monoisotopic (exact) mass is 519 g/mol. The number of halogens is 3. The van der Waals surface area contributed by atoms with Crippen molar-refractivity contribution in [2.24, 2.45) is 7.05 Å². The van der Waals surface area contributed by atoms with Crippen LogP contribution in [0.5, 0.6) is 0 Å². The van der Waals surface area contributed by atoms with Crippen LogP contribution in [0.15, 0.2) is 35.7 Å². The molecule has 1 N–H and O–H groups in total. The smallest absolute Gasteiger partial charge is 0.262 e. The van der Waals surface area contributed by atoms with Gasteiger partial charge in [0.15, 0.2) is 5.03 Å². The van der Waals surface area contributed by atoms with E-state index >= 15 is 0 Å². The summed E-state index contributed by atoms with van der Waals surface area (Å²) in [5.41, 5.74) is -1.20. The molecule has 1 aromatic carbocycles. The predicted octanol–water partition coefficient (Wildman–Crippen LogP) is 1.41. The van der Waals surface area contributed by atoms with Crippen molar-refractivity contribution in [3.05, 3.63) is 47.9 Å². The van der Waals surface area contributed by atoms with Gasteiger partial charge < -0.3 is 14.6 Å². The number of benzene rings is 1. The number of hydrogen-bond acceptors (Lipinski definition) is 6. The van der Waals surface area contributed by atoms with Gasteiger partial charge in [0.05, 0.1) is 18.5 Å². The largest absolute Gasteiger partial charge is 0.379 e. The van der Waals surface area contributed by atoms with Crippen molar-refractivity contribution in [2.45, 2.75) is 23.4 Å². The number of rotatable bonds is 6. The summed E-state index contributed by atoms with van der Waals surface area (Å²) in [4.78, 5) is 18.6. The highest BCUT2D eigenvalue weighted by atomic mass is 35.5. The predicted molar refractivity (Wildman–Crippen MR) is 122 cm³/mol. The molecule has 1 atom stereocenters. The zero-order valence-corrected chi connectivity index (χ0v) is 20.4. The second kappa shape index (κ2) is 10.6. The molecule has 2 fully saturated rings. The molecule has 1 amide bonds. The fourth-order valence-electron chi connectivity index (χ4n) is 4.44. The molecule has 13 heteroatoms. The fraction of sp³-hybridized carbons (Fsp3) is 0.524. The van der Waals surface area contributed by atoms with Crippen LogP contribution in [0.2, 0.25) is 0 Å². The number of sulfonamides is 1. The van der Waals surface area contributed by atoms with E-state index in [1.165, 1.54) is 22.9 Å². The first-order valence-corrected chi connectivity index (χ1v) is 12.2. The Morgan fingerprint density at radius 3 is 2.44 bits per heavy atom. The highest BCUT2D eigenvalue weighted by Gasteiger charge is 2.42. The highest BCUT2D eigenvalue weighted by molar-refractivity contribution is 7.89. The molecular weight excluding hydrogens is 492 g/mol. The summed E-state index contributed by atoms with van der Waals surface area (Å²) >= 11 is 0. The molecule has 3 heterocycles. The Labute approximate surface area is 203 Å². The van der Waals surface area contributed by atoms with E-state index in [4.69, 9.17) is 4.74 Å². The van der Waals surface area contributed by atoms with Crippen LogP contribution < -0.4 is 5.32 Å². The van der Waals surface area contributed by atoms with Crippen LogP contribution in [0.25, 0.3) is 0 Å². The summed E-state index contributed by atoms with van der Waals surface area (Å²) in [6.07, 6.45) is 4.38. The van der Waals surface area contributed by atoms with E-state index in [1.807, 2.05) is 0 Å². The van der Waals surface area contributed by atoms with Gasteiger partial charge in [-0.2, -0.15) is 4.31 Å². The Kier molecular flexibility index (Phi) is 8.30. The van der Waals surface area contributed by atoms with Crippen LogP contribution in [0.4, 0.5) is 8.78 Å². The molecule has 0 spiro atoms. The lowest BCUT2D eigenvalue weighted by molar-refractivity contribution is -0.0578. The number of ether oxygens (including phenoxy) is 1. The van der Waals surface area contributed by atoms with Crippen molar-refractivity contribution in [3.63, 3.8) is 0 Å². The molecule has 188 valence electrons. The molecule has 1 aromatic heterocycles. The molecule has 2 aromatic rings. The van der Waals surface area contributed by atoms with Crippen LogP contribution in [0, 0.1) is 11.6 Å². The topological polar surface area (TPSA) is 96.8 Å². The maximum Gasteiger partial charge on any atom is 0.262 e.